The quantitative estimate of drug-likeness (QED) is 0.628. The molecule has 0 N–H and O–H groups in total. The maximum absolute atomic E-state index is 13.2. The number of piperidine rings is 1. The number of fused-ring (bicyclic) bond motifs is 2. The van der Waals surface area contributed by atoms with Gasteiger partial charge < -0.3 is 4.90 Å². The van der Waals surface area contributed by atoms with Gasteiger partial charge in [-0.15, -0.1) is 0 Å². The second kappa shape index (κ2) is 5.91. The summed E-state index contributed by atoms with van der Waals surface area (Å²) in [5, 5.41) is 0.536. The number of rotatable bonds is 1. The minimum atomic E-state index is -0.231. The summed E-state index contributed by atoms with van der Waals surface area (Å²) in [5.41, 5.74) is 2.15. The van der Waals surface area contributed by atoms with Gasteiger partial charge in [-0.1, -0.05) is 35.3 Å². The molecular formula is C19H15Cl2NO2. The summed E-state index contributed by atoms with van der Waals surface area (Å²) in [6.45, 7) is 1.79. The lowest BCUT2D eigenvalue weighted by molar-refractivity contribution is 0.0979. The van der Waals surface area contributed by atoms with Crippen molar-refractivity contribution in [2.45, 2.75) is 19.3 Å². The average molecular weight is 360 g/mol. The lowest BCUT2D eigenvalue weighted by atomic mass is 9.82. The summed E-state index contributed by atoms with van der Waals surface area (Å²) >= 11 is 12.4. The molecule has 0 amide bonds. The van der Waals surface area contributed by atoms with E-state index in [4.69, 9.17) is 23.2 Å². The van der Waals surface area contributed by atoms with E-state index in [1.807, 2.05) is 12.1 Å². The van der Waals surface area contributed by atoms with Crippen LogP contribution in [-0.2, 0) is 0 Å². The summed E-state index contributed by atoms with van der Waals surface area (Å²) < 4.78 is 0. The van der Waals surface area contributed by atoms with E-state index in [0.29, 0.717) is 11.1 Å². The Labute approximate surface area is 150 Å². The van der Waals surface area contributed by atoms with Gasteiger partial charge in [-0.05, 0) is 37.5 Å². The Bertz CT molecular complexity index is 870. The van der Waals surface area contributed by atoms with Crippen molar-refractivity contribution in [1.82, 2.24) is 0 Å². The van der Waals surface area contributed by atoms with E-state index in [9.17, 15) is 9.59 Å². The van der Waals surface area contributed by atoms with Crippen LogP contribution < -0.4 is 4.90 Å². The van der Waals surface area contributed by atoms with Crippen LogP contribution in [0.5, 0.6) is 0 Å². The average Bonchev–Trinajstić information content (AvgIpc) is 2.61. The highest BCUT2D eigenvalue weighted by Gasteiger charge is 2.36. The van der Waals surface area contributed by atoms with Crippen molar-refractivity contribution in [3.05, 3.63) is 62.6 Å². The molecule has 5 heteroatoms. The highest BCUT2D eigenvalue weighted by molar-refractivity contribution is 6.43. The van der Waals surface area contributed by atoms with E-state index in [1.165, 1.54) is 6.42 Å². The van der Waals surface area contributed by atoms with Gasteiger partial charge in [-0.2, -0.15) is 0 Å². The third-order valence-electron chi connectivity index (χ3n) is 4.77. The summed E-state index contributed by atoms with van der Waals surface area (Å²) in [6, 6.07) is 8.58. The first kappa shape index (κ1) is 15.7. The Balaban J connectivity index is 1.94. The van der Waals surface area contributed by atoms with E-state index in [1.54, 1.807) is 18.2 Å². The van der Waals surface area contributed by atoms with Crippen LogP contribution >= 0.6 is 23.2 Å². The molecule has 1 saturated heterocycles. The van der Waals surface area contributed by atoms with Crippen LogP contribution in [0, 0.1) is 0 Å². The van der Waals surface area contributed by atoms with Crippen molar-refractivity contribution in [1.29, 1.82) is 0 Å². The lowest BCUT2D eigenvalue weighted by Gasteiger charge is -2.32. The van der Waals surface area contributed by atoms with Crippen molar-refractivity contribution >= 4 is 40.5 Å². The second-order valence-electron chi connectivity index (χ2n) is 6.18. The van der Waals surface area contributed by atoms with E-state index >= 15 is 0 Å². The van der Waals surface area contributed by atoms with Gasteiger partial charge in [-0.3, -0.25) is 9.59 Å². The molecule has 122 valence electrons. The van der Waals surface area contributed by atoms with Crippen LogP contribution in [-0.4, -0.2) is 24.7 Å². The van der Waals surface area contributed by atoms with Gasteiger partial charge in [0.05, 0.1) is 26.7 Å². The molecule has 4 rings (SSSR count). The predicted molar refractivity (Wildman–Crippen MR) is 95.8 cm³/mol. The summed E-state index contributed by atoms with van der Waals surface area (Å²) in [7, 11) is 0. The number of nitrogens with zero attached hydrogens (tertiary/aromatic N) is 1. The number of hydrogen-bond acceptors (Lipinski definition) is 3. The van der Waals surface area contributed by atoms with Crippen molar-refractivity contribution in [3.63, 3.8) is 0 Å². The summed E-state index contributed by atoms with van der Waals surface area (Å²) in [5.74, 6) is -0.445. The van der Waals surface area contributed by atoms with Crippen LogP contribution in [0.25, 0.3) is 0 Å². The maximum atomic E-state index is 13.2. The minimum absolute atomic E-state index is 0.215. The summed E-state index contributed by atoms with van der Waals surface area (Å²) in [4.78, 5) is 28.3. The van der Waals surface area contributed by atoms with Crippen LogP contribution in [0.3, 0.4) is 0 Å². The number of anilines is 1. The molecule has 0 aromatic heterocycles. The predicted octanol–water partition coefficient (Wildman–Crippen LogP) is 4.76. The highest BCUT2D eigenvalue weighted by Crippen LogP contribution is 2.39. The molecule has 0 atom stereocenters. The first-order valence-corrected chi connectivity index (χ1v) is 8.80. The summed E-state index contributed by atoms with van der Waals surface area (Å²) in [6.07, 6.45) is 3.38. The molecule has 24 heavy (non-hydrogen) atoms. The second-order valence-corrected chi connectivity index (χ2v) is 7.00. The number of carbonyl (C=O) groups excluding carboxylic acids is 2. The Morgan fingerprint density at radius 3 is 2.04 bits per heavy atom. The molecule has 0 unspecified atom stereocenters. The number of benzene rings is 2. The molecule has 2 aromatic carbocycles. The molecule has 2 aliphatic rings. The molecule has 1 aliphatic heterocycles. The topological polar surface area (TPSA) is 37.4 Å². The fraction of sp³-hybridized carbons (Fsp3) is 0.263. The van der Waals surface area contributed by atoms with E-state index in [-0.39, 0.29) is 32.7 Å². The van der Waals surface area contributed by atoms with Gasteiger partial charge in [0.2, 0.25) is 0 Å². The number of halogens is 2. The van der Waals surface area contributed by atoms with E-state index in [2.05, 4.69) is 4.90 Å². The zero-order chi connectivity index (χ0) is 16.8. The number of carbonyl (C=O) groups is 2. The fourth-order valence-corrected chi connectivity index (χ4v) is 4.11. The van der Waals surface area contributed by atoms with E-state index < -0.39 is 0 Å². The molecular weight excluding hydrogens is 345 g/mol. The molecule has 0 radical (unpaired) electrons. The lowest BCUT2D eigenvalue weighted by Crippen LogP contribution is -2.33. The fourth-order valence-electron chi connectivity index (χ4n) is 3.62. The van der Waals surface area contributed by atoms with Crippen molar-refractivity contribution in [2.24, 2.45) is 0 Å². The van der Waals surface area contributed by atoms with Gasteiger partial charge in [0.25, 0.3) is 0 Å². The molecule has 1 aliphatic carbocycles. The molecule has 1 heterocycles. The SMILES string of the molecule is O=C1c2cccc(N3CCCCC3)c2C(=O)c2c(Cl)ccc(Cl)c21. The van der Waals surface area contributed by atoms with Crippen LogP contribution in [0.15, 0.2) is 30.3 Å². The third-order valence-corrected chi connectivity index (χ3v) is 5.40. The molecule has 0 saturated carbocycles. The Morgan fingerprint density at radius 1 is 0.750 bits per heavy atom. The number of ketones is 2. The first-order chi connectivity index (χ1) is 11.6. The van der Waals surface area contributed by atoms with Gasteiger partial charge in [-0.25, -0.2) is 0 Å². The van der Waals surface area contributed by atoms with Gasteiger partial charge in [0, 0.05) is 24.3 Å². The molecule has 3 nitrogen and oxygen atoms in total. The van der Waals surface area contributed by atoms with Crippen LogP contribution in [0.2, 0.25) is 10.0 Å². The molecule has 1 fully saturated rings. The normalized spacial score (nSPS) is 16.8. The van der Waals surface area contributed by atoms with Gasteiger partial charge in [0.1, 0.15) is 0 Å². The number of hydrogen-bond donors (Lipinski definition) is 0. The largest absolute Gasteiger partial charge is 0.371 e. The van der Waals surface area contributed by atoms with Crippen LogP contribution in [0.4, 0.5) is 5.69 Å². The highest BCUT2D eigenvalue weighted by atomic mass is 35.5. The molecule has 0 spiro atoms. The van der Waals surface area contributed by atoms with Crippen molar-refractivity contribution < 1.29 is 9.59 Å². The third kappa shape index (κ3) is 2.27. The minimum Gasteiger partial charge on any atom is -0.371 e. The molecule has 2 aromatic rings. The monoisotopic (exact) mass is 359 g/mol. The zero-order valence-electron chi connectivity index (χ0n) is 12.9. The zero-order valence-corrected chi connectivity index (χ0v) is 14.5. The Kier molecular flexibility index (Phi) is 3.86. The smallest absolute Gasteiger partial charge is 0.198 e. The Morgan fingerprint density at radius 2 is 1.38 bits per heavy atom. The van der Waals surface area contributed by atoms with Gasteiger partial charge in [0.15, 0.2) is 11.6 Å². The first-order valence-electron chi connectivity index (χ1n) is 8.05. The molecule has 0 bridgehead atoms. The van der Waals surface area contributed by atoms with Crippen molar-refractivity contribution in [2.75, 3.05) is 18.0 Å². The van der Waals surface area contributed by atoms with Crippen LogP contribution in [0.1, 0.15) is 51.1 Å². The Hall–Kier alpha value is -1.84. The van der Waals surface area contributed by atoms with Gasteiger partial charge >= 0.3 is 0 Å². The standard InChI is InChI=1S/C19H15Cl2NO2/c20-12-7-8-13(21)17-16(12)18(23)11-5-4-6-14(15(11)19(17)24)22-9-2-1-3-10-22/h4-8H,1-3,9-10H2. The van der Waals surface area contributed by atoms with E-state index in [0.717, 1.165) is 31.6 Å². The maximum Gasteiger partial charge on any atom is 0.198 e. The van der Waals surface area contributed by atoms with Crippen molar-refractivity contribution in [3.8, 4) is 0 Å².